The second kappa shape index (κ2) is 7.69. The normalized spacial score (nSPS) is 12.3. The Morgan fingerprint density at radius 3 is 2.05 bits per heavy atom. The molecule has 0 atom stereocenters. The lowest BCUT2D eigenvalue weighted by atomic mass is 9.88. The van der Waals surface area contributed by atoms with Gasteiger partial charge in [0.25, 0.3) is 0 Å². The molecule has 0 heterocycles. The van der Waals surface area contributed by atoms with Crippen molar-refractivity contribution in [2.75, 3.05) is 19.8 Å². The zero-order chi connectivity index (χ0) is 15.9. The van der Waals surface area contributed by atoms with E-state index in [4.69, 9.17) is 9.47 Å². The molecule has 21 heavy (non-hydrogen) atoms. The van der Waals surface area contributed by atoms with Crippen LogP contribution in [0.3, 0.4) is 0 Å². The summed E-state index contributed by atoms with van der Waals surface area (Å²) in [4.78, 5) is 0. The van der Waals surface area contributed by atoms with Crippen LogP contribution in [0.2, 0.25) is 0 Å². The quantitative estimate of drug-likeness (QED) is 0.776. The molecule has 0 saturated carbocycles. The highest BCUT2D eigenvalue weighted by Gasteiger charge is 2.21. The Bertz CT molecular complexity index is 421. The highest BCUT2D eigenvalue weighted by molar-refractivity contribution is 5.39. The van der Waals surface area contributed by atoms with Crippen LogP contribution in [-0.4, -0.2) is 25.3 Å². The molecular weight excluding hydrogens is 262 g/mol. The van der Waals surface area contributed by atoms with Crippen LogP contribution in [-0.2, 0) is 0 Å². The summed E-state index contributed by atoms with van der Waals surface area (Å²) in [5.74, 6) is 1.66. The summed E-state index contributed by atoms with van der Waals surface area (Å²) in [5.41, 5.74) is 0.355. The maximum atomic E-state index is 5.90. The second-order valence-electron chi connectivity index (χ2n) is 7.25. The highest BCUT2D eigenvalue weighted by atomic mass is 16.5. The molecule has 0 aliphatic rings. The summed E-state index contributed by atoms with van der Waals surface area (Å²) < 4.78 is 11.5. The summed E-state index contributed by atoms with van der Waals surface area (Å²) in [6.45, 7) is 15.4. The predicted octanol–water partition coefficient (Wildman–Crippen LogP) is 4.27. The average molecular weight is 293 g/mol. The first kappa shape index (κ1) is 17.8. The summed E-state index contributed by atoms with van der Waals surface area (Å²) in [5, 5.41) is 3.56. The molecule has 120 valence electrons. The van der Waals surface area contributed by atoms with E-state index in [1.54, 1.807) is 0 Å². The lowest BCUT2D eigenvalue weighted by molar-refractivity contribution is 0.202. The molecule has 0 unspecified atom stereocenters. The lowest BCUT2D eigenvalue weighted by Gasteiger charge is -2.30. The second-order valence-corrected chi connectivity index (χ2v) is 7.25. The minimum atomic E-state index is 0.152. The Balaban J connectivity index is 2.45. The predicted molar refractivity (Wildman–Crippen MR) is 89.3 cm³/mol. The van der Waals surface area contributed by atoms with Gasteiger partial charge in [0.1, 0.15) is 0 Å². The van der Waals surface area contributed by atoms with Gasteiger partial charge in [0, 0.05) is 12.1 Å². The molecule has 1 rings (SSSR count). The summed E-state index contributed by atoms with van der Waals surface area (Å²) in [6, 6.07) is 7.86. The van der Waals surface area contributed by atoms with E-state index in [1.807, 2.05) is 31.2 Å². The number of benzene rings is 1. The van der Waals surface area contributed by atoms with Crippen LogP contribution >= 0.6 is 0 Å². The van der Waals surface area contributed by atoms with Gasteiger partial charge in [0.05, 0.1) is 13.2 Å². The average Bonchev–Trinajstić information content (AvgIpc) is 2.38. The molecule has 3 nitrogen and oxygen atoms in total. The molecule has 0 fully saturated rings. The van der Waals surface area contributed by atoms with E-state index < -0.39 is 0 Å². The Kier molecular flexibility index (Phi) is 6.53. The van der Waals surface area contributed by atoms with Crippen LogP contribution in [0.25, 0.3) is 0 Å². The largest absolute Gasteiger partial charge is 0.490 e. The standard InChI is InChI=1S/C18H31NO2/c1-7-20-15-10-8-9-11-16(15)21-13-12-18(5,6)14-19-17(2,3)4/h8-11,19H,7,12-14H2,1-6H3. The van der Waals surface area contributed by atoms with E-state index >= 15 is 0 Å². The fraction of sp³-hybridized carbons (Fsp3) is 0.667. The molecular formula is C18H31NO2. The van der Waals surface area contributed by atoms with Crippen molar-refractivity contribution in [3.05, 3.63) is 24.3 Å². The summed E-state index contributed by atoms with van der Waals surface area (Å²) >= 11 is 0. The highest BCUT2D eigenvalue weighted by Crippen LogP contribution is 2.28. The molecule has 0 radical (unpaired) electrons. The first-order valence-corrected chi connectivity index (χ1v) is 7.83. The minimum Gasteiger partial charge on any atom is -0.490 e. The van der Waals surface area contributed by atoms with E-state index in [1.165, 1.54) is 0 Å². The van der Waals surface area contributed by atoms with Crippen molar-refractivity contribution >= 4 is 0 Å². The third kappa shape index (κ3) is 7.37. The summed E-state index contributed by atoms with van der Waals surface area (Å²) in [6.07, 6.45) is 0.997. The lowest BCUT2D eigenvalue weighted by Crippen LogP contribution is -2.42. The molecule has 0 aromatic heterocycles. The summed E-state index contributed by atoms with van der Waals surface area (Å²) in [7, 11) is 0. The zero-order valence-electron chi connectivity index (χ0n) is 14.5. The molecule has 3 heteroatoms. The third-order valence-corrected chi connectivity index (χ3v) is 3.28. The van der Waals surface area contributed by atoms with Crippen molar-refractivity contribution in [2.24, 2.45) is 5.41 Å². The van der Waals surface area contributed by atoms with Crippen LogP contribution in [0.4, 0.5) is 0 Å². The Labute approximate surface area is 130 Å². The number of para-hydroxylation sites is 2. The number of hydrogen-bond acceptors (Lipinski definition) is 3. The van der Waals surface area contributed by atoms with Crippen LogP contribution in [0.15, 0.2) is 24.3 Å². The molecule has 0 spiro atoms. The maximum Gasteiger partial charge on any atom is 0.161 e. The molecule has 0 aliphatic heterocycles. The van der Waals surface area contributed by atoms with Gasteiger partial charge in [-0.15, -0.1) is 0 Å². The first-order chi connectivity index (χ1) is 9.73. The molecule has 0 amide bonds. The van der Waals surface area contributed by atoms with Gasteiger partial charge >= 0.3 is 0 Å². The van der Waals surface area contributed by atoms with Crippen molar-refractivity contribution < 1.29 is 9.47 Å². The Morgan fingerprint density at radius 1 is 0.952 bits per heavy atom. The molecule has 0 bridgehead atoms. The van der Waals surface area contributed by atoms with Gasteiger partial charge in [-0.2, -0.15) is 0 Å². The molecule has 1 N–H and O–H groups in total. The smallest absolute Gasteiger partial charge is 0.161 e. The van der Waals surface area contributed by atoms with Gasteiger partial charge in [-0.05, 0) is 51.7 Å². The SMILES string of the molecule is CCOc1ccccc1OCCC(C)(C)CNC(C)(C)C. The van der Waals surface area contributed by atoms with Crippen molar-refractivity contribution in [2.45, 2.75) is 53.5 Å². The van der Waals surface area contributed by atoms with E-state index in [-0.39, 0.29) is 11.0 Å². The van der Waals surface area contributed by atoms with Gasteiger partial charge in [-0.25, -0.2) is 0 Å². The van der Waals surface area contributed by atoms with Gasteiger partial charge in [-0.3, -0.25) is 0 Å². The van der Waals surface area contributed by atoms with Crippen LogP contribution in [0, 0.1) is 5.41 Å². The molecule has 1 aromatic carbocycles. The van der Waals surface area contributed by atoms with Gasteiger partial charge in [0.15, 0.2) is 11.5 Å². The van der Waals surface area contributed by atoms with Gasteiger partial charge in [-0.1, -0.05) is 26.0 Å². The number of nitrogens with one attached hydrogen (secondary N) is 1. The molecule has 0 saturated heterocycles. The fourth-order valence-corrected chi connectivity index (χ4v) is 1.87. The van der Waals surface area contributed by atoms with E-state index in [2.05, 4.69) is 39.9 Å². The molecule has 0 aliphatic carbocycles. The topological polar surface area (TPSA) is 30.5 Å². The van der Waals surface area contributed by atoms with Crippen molar-refractivity contribution in [3.8, 4) is 11.5 Å². The molecule has 1 aromatic rings. The third-order valence-electron chi connectivity index (χ3n) is 3.28. The van der Waals surface area contributed by atoms with E-state index in [9.17, 15) is 0 Å². The van der Waals surface area contributed by atoms with Crippen LogP contribution in [0.5, 0.6) is 11.5 Å². The monoisotopic (exact) mass is 293 g/mol. The van der Waals surface area contributed by atoms with Crippen LogP contribution in [0.1, 0.15) is 48.0 Å². The zero-order valence-corrected chi connectivity index (χ0v) is 14.5. The Morgan fingerprint density at radius 2 is 1.52 bits per heavy atom. The van der Waals surface area contributed by atoms with Gasteiger partial charge < -0.3 is 14.8 Å². The number of rotatable bonds is 8. The maximum absolute atomic E-state index is 5.90. The number of hydrogen-bond donors (Lipinski definition) is 1. The van der Waals surface area contributed by atoms with Crippen LogP contribution < -0.4 is 14.8 Å². The van der Waals surface area contributed by atoms with Crippen molar-refractivity contribution in [3.63, 3.8) is 0 Å². The Hall–Kier alpha value is -1.22. The number of ether oxygens (including phenoxy) is 2. The first-order valence-electron chi connectivity index (χ1n) is 7.83. The van der Waals surface area contributed by atoms with E-state index in [0.29, 0.717) is 13.2 Å². The van der Waals surface area contributed by atoms with E-state index in [0.717, 1.165) is 24.5 Å². The van der Waals surface area contributed by atoms with Crippen molar-refractivity contribution in [1.82, 2.24) is 5.32 Å². The fourth-order valence-electron chi connectivity index (χ4n) is 1.87. The van der Waals surface area contributed by atoms with Gasteiger partial charge in [0.2, 0.25) is 0 Å². The van der Waals surface area contributed by atoms with Crippen molar-refractivity contribution in [1.29, 1.82) is 0 Å². The minimum absolute atomic E-state index is 0.152.